The topological polar surface area (TPSA) is 29.1 Å². The molecule has 0 saturated carbocycles. The first kappa shape index (κ1) is 14.1. The Balaban J connectivity index is 1.85. The van der Waals surface area contributed by atoms with Gasteiger partial charge in [-0.2, -0.15) is 0 Å². The van der Waals surface area contributed by atoms with Gasteiger partial charge >= 0.3 is 0 Å². The highest BCUT2D eigenvalue weighted by molar-refractivity contribution is 6.21. The number of hydrogen-bond acceptors (Lipinski definition) is 1. The van der Waals surface area contributed by atoms with Crippen molar-refractivity contribution in [1.82, 2.24) is 5.32 Å². The number of amides is 1. The van der Waals surface area contributed by atoms with Crippen LogP contribution in [0.2, 0.25) is 0 Å². The maximum absolute atomic E-state index is 13.9. The molecule has 2 aromatic carbocycles. The van der Waals surface area contributed by atoms with Crippen molar-refractivity contribution in [2.45, 2.75) is 24.8 Å². The smallest absolute Gasteiger partial charge is 0.254 e. The van der Waals surface area contributed by atoms with E-state index in [0.29, 0.717) is 6.42 Å². The molecule has 2 aromatic rings. The number of rotatable bonds is 2. The van der Waals surface area contributed by atoms with Crippen LogP contribution in [0.5, 0.6) is 0 Å². The van der Waals surface area contributed by atoms with Gasteiger partial charge in [0.25, 0.3) is 5.91 Å². The Morgan fingerprint density at radius 3 is 2.81 bits per heavy atom. The fourth-order valence-electron chi connectivity index (χ4n) is 2.74. The fraction of sp³-hybridized carbons (Fsp3) is 0.235. The summed E-state index contributed by atoms with van der Waals surface area (Å²) in [5.41, 5.74) is 2.98. The first-order valence-electron chi connectivity index (χ1n) is 6.85. The Kier molecular flexibility index (Phi) is 3.68. The lowest BCUT2D eigenvalue weighted by atomic mass is 10.1. The number of halogens is 2. The number of fused-ring (bicyclic) bond motifs is 1. The number of carbonyl (C=O) groups excluding carboxylic acids is 1. The monoisotopic (exact) mass is 303 g/mol. The minimum Gasteiger partial charge on any atom is -0.344 e. The summed E-state index contributed by atoms with van der Waals surface area (Å²) in [7, 11) is 0. The molecule has 1 N–H and O–H groups in total. The first-order valence-corrected chi connectivity index (χ1v) is 7.29. The summed E-state index contributed by atoms with van der Waals surface area (Å²) in [5, 5.41) is 2.64. The molecule has 0 bridgehead atoms. The number of nitrogens with one attached hydrogen (secondary N) is 1. The molecule has 108 valence electrons. The van der Waals surface area contributed by atoms with Crippen molar-refractivity contribution in [2.24, 2.45) is 0 Å². The van der Waals surface area contributed by atoms with Gasteiger partial charge in [0, 0.05) is 0 Å². The SMILES string of the molecule is Cc1ccc(C(=O)NC2c3ccccc3CC2Cl)c(F)c1. The Bertz CT molecular complexity index is 701. The van der Waals surface area contributed by atoms with Gasteiger partial charge in [-0.3, -0.25) is 4.79 Å². The molecule has 0 saturated heterocycles. The van der Waals surface area contributed by atoms with Crippen LogP contribution >= 0.6 is 11.6 Å². The van der Waals surface area contributed by atoms with Gasteiger partial charge in [-0.25, -0.2) is 4.39 Å². The zero-order valence-electron chi connectivity index (χ0n) is 11.6. The van der Waals surface area contributed by atoms with E-state index in [4.69, 9.17) is 11.6 Å². The van der Waals surface area contributed by atoms with E-state index in [1.807, 2.05) is 24.3 Å². The van der Waals surface area contributed by atoms with Gasteiger partial charge in [0.1, 0.15) is 5.82 Å². The van der Waals surface area contributed by atoms with Crippen molar-refractivity contribution in [3.8, 4) is 0 Å². The van der Waals surface area contributed by atoms with Gasteiger partial charge in [0.15, 0.2) is 0 Å². The van der Waals surface area contributed by atoms with E-state index < -0.39 is 11.7 Å². The van der Waals surface area contributed by atoms with Gasteiger partial charge in [-0.15, -0.1) is 11.6 Å². The molecule has 21 heavy (non-hydrogen) atoms. The molecule has 0 aliphatic heterocycles. The van der Waals surface area contributed by atoms with Crippen LogP contribution in [0.15, 0.2) is 42.5 Å². The first-order chi connectivity index (χ1) is 10.1. The number of hydrogen-bond donors (Lipinski definition) is 1. The average Bonchev–Trinajstić information content (AvgIpc) is 2.75. The zero-order valence-corrected chi connectivity index (χ0v) is 12.3. The predicted octanol–water partition coefficient (Wildman–Crippen LogP) is 3.77. The minimum absolute atomic E-state index is 0.0499. The lowest BCUT2D eigenvalue weighted by Gasteiger charge is -2.17. The van der Waals surface area contributed by atoms with Crippen LogP contribution in [0.4, 0.5) is 4.39 Å². The molecule has 0 heterocycles. The van der Waals surface area contributed by atoms with Gasteiger partial charge in [-0.1, -0.05) is 30.3 Å². The summed E-state index contributed by atoms with van der Waals surface area (Å²) in [4.78, 5) is 12.3. The molecule has 0 radical (unpaired) electrons. The van der Waals surface area contributed by atoms with Gasteiger partial charge in [0.05, 0.1) is 17.0 Å². The van der Waals surface area contributed by atoms with Crippen molar-refractivity contribution in [1.29, 1.82) is 0 Å². The van der Waals surface area contributed by atoms with E-state index in [2.05, 4.69) is 5.32 Å². The largest absolute Gasteiger partial charge is 0.344 e. The van der Waals surface area contributed by atoms with Gasteiger partial charge < -0.3 is 5.32 Å². The maximum Gasteiger partial charge on any atom is 0.254 e. The van der Waals surface area contributed by atoms with E-state index in [1.165, 1.54) is 12.1 Å². The quantitative estimate of drug-likeness (QED) is 0.841. The molecule has 2 unspecified atom stereocenters. The average molecular weight is 304 g/mol. The standard InChI is InChI=1S/C17H15ClFNO/c1-10-6-7-13(15(19)8-10)17(21)20-16-12-5-3-2-4-11(12)9-14(16)18/h2-8,14,16H,9H2,1H3,(H,20,21). The number of benzene rings is 2. The molecular formula is C17H15ClFNO. The lowest BCUT2D eigenvalue weighted by molar-refractivity contribution is 0.0933. The van der Waals surface area contributed by atoms with Crippen molar-refractivity contribution in [3.63, 3.8) is 0 Å². The maximum atomic E-state index is 13.9. The Morgan fingerprint density at radius 1 is 1.29 bits per heavy atom. The third-order valence-corrected chi connectivity index (χ3v) is 4.23. The Morgan fingerprint density at radius 2 is 2.05 bits per heavy atom. The van der Waals surface area contributed by atoms with E-state index in [9.17, 15) is 9.18 Å². The van der Waals surface area contributed by atoms with Crippen LogP contribution in [0.1, 0.15) is 33.1 Å². The Labute approximate surface area is 127 Å². The molecule has 0 spiro atoms. The summed E-state index contributed by atoms with van der Waals surface area (Å²) >= 11 is 6.33. The lowest BCUT2D eigenvalue weighted by Crippen LogP contribution is -2.32. The van der Waals surface area contributed by atoms with Crippen molar-refractivity contribution in [3.05, 3.63) is 70.5 Å². The number of carbonyl (C=O) groups is 1. The normalized spacial score (nSPS) is 20.1. The van der Waals surface area contributed by atoms with E-state index in [0.717, 1.165) is 16.7 Å². The molecule has 1 amide bonds. The molecule has 4 heteroatoms. The third-order valence-electron chi connectivity index (χ3n) is 3.82. The second kappa shape index (κ2) is 5.49. The van der Waals surface area contributed by atoms with Crippen LogP contribution in [-0.2, 0) is 6.42 Å². The van der Waals surface area contributed by atoms with Crippen molar-refractivity contribution in [2.75, 3.05) is 0 Å². The minimum atomic E-state index is -0.509. The van der Waals surface area contributed by atoms with Crippen LogP contribution in [0.25, 0.3) is 0 Å². The number of alkyl halides is 1. The summed E-state index contributed by atoms with van der Waals surface area (Å²) in [6.45, 7) is 1.78. The molecule has 2 atom stereocenters. The highest BCUT2D eigenvalue weighted by atomic mass is 35.5. The van der Waals surface area contributed by atoms with E-state index in [-0.39, 0.29) is 17.0 Å². The second-order valence-corrected chi connectivity index (χ2v) is 5.91. The fourth-order valence-corrected chi connectivity index (χ4v) is 3.10. The molecule has 2 nitrogen and oxygen atoms in total. The van der Waals surface area contributed by atoms with Crippen LogP contribution in [0.3, 0.4) is 0 Å². The predicted molar refractivity (Wildman–Crippen MR) is 81.1 cm³/mol. The van der Waals surface area contributed by atoms with E-state index >= 15 is 0 Å². The van der Waals surface area contributed by atoms with Crippen LogP contribution < -0.4 is 5.32 Å². The molecule has 1 aliphatic rings. The third kappa shape index (κ3) is 2.66. The molecule has 3 rings (SSSR count). The zero-order chi connectivity index (χ0) is 15.0. The summed E-state index contributed by atoms with van der Waals surface area (Å²) in [6, 6.07) is 12.1. The second-order valence-electron chi connectivity index (χ2n) is 5.35. The molecule has 0 aromatic heterocycles. The molecule has 0 fully saturated rings. The van der Waals surface area contributed by atoms with Gasteiger partial charge in [-0.05, 0) is 42.2 Å². The summed E-state index contributed by atoms with van der Waals surface area (Å²) < 4.78 is 13.9. The van der Waals surface area contributed by atoms with E-state index in [1.54, 1.807) is 13.0 Å². The highest BCUT2D eigenvalue weighted by Crippen LogP contribution is 2.34. The van der Waals surface area contributed by atoms with Crippen LogP contribution in [-0.4, -0.2) is 11.3 Å². The molecule has 1 aliphatic carbocycles. The summed E-state index contributed by atoms with van der Waals surface area (Å²) in [6.07, 6.45) is 0.707. The van der Waals surface area contributed by atoms with Gasteiger partial charge in [0.2, 0.25) is 0 Å². The van der Waals surface area contributed by atoms with Crippen molar-refractivity contribution >= 4 is 17.5 Å². The number of aryl methyl sites for hydroxylation is 1. The van der Waals surface area contributed by atoms with Crippen LogP contribution in [0, 0.1) is 12.7 Å². The van der Waals surface area contributed by atoms with Crippen molar-refractivity contribution < 1.29 is 9.18 Å². The summed E-state index contributed by atoms with van der Waals surface area (Å²) in [5.74, 6) is -0.940. The Hall–Kier alpha value is -1.87. The highest BCUT2D eigenvalue weighted by Gasteiger charge is 2.32. The molecular weight excluding hydrogens is 289 g/mol.